The van der Waals surface area contributed by atoms with Gasteiger partial charge in [-0.1, -0.05) is 31.2 Å². The van der Waals surface area contributed by atoms with Gasteiger partial charge in [-0.15, -0.1) is 11.6 Å². The molecule has 1 aromatic heterocycles. The maximum Gasteiger partial charge on any atom is 0.130 e. The normalized spacial score (nSPS) is 21.2. The third-order valence-electron chi connectivity index (χ3n) is 3.56. The Morgan fingerprint density at radius 3 is 3.00 bits per heavy atom. The molecule has 2 atom stereocenters. The molecule has 19 heavy (non-hydrogen) atoms. The number of nitrogens with zero attached hydrogens (tertiary/aromatic N) is 2. The van der Waals surface area contributed by atoms with Crippen LogP contribution in [0.3, 0.4) is 0 Å². The van der Waals surface area contributed by atoms with Gasteiger partial charge in [0.25, 0.3) is 0 Å². The molecule has 0 amide bonds. The summed E-state index contributed by atoms with van der Waals surface area (Å²) in [5.41, 5.74) is 3.64. The van der Waals surface area contributed by atoms with Crippen LogP contribution in [0.15, 0.2) is 36.7 Å². The highest BCUT2D eigenvalue weighted by Crippen LogP contribution is 2.36. The molecule has 98 valence electrons. The Morgan fingerprint density at radius 2 is 2.16 bits per heavy atom. The fourth-order valence-corrected chi connectivity index (χ4v) is 2.91. The van der Waals surface area contributed by atoms with Crippen LogP contribution in [0.2, 0.25) is 0 Å². The molecule has 0 spiro atoms. The Labute approximate surface area is 118 Å². The van der Waals surface area contributed by atoms with Crippen LogP contribution in [0.1, 0.15) is 29.8 Å². The van der Waals surface area contributed by atoms with Gasteiger partial charge in [0, 0.05) is 11.8 Å². The highest BCUT2D eigenvalue weighted by Gasteiger charge is 2.30. The predicted molar refractivity (Wildman–Crippen MR) is 77.6 cm³/mol. The summed E-state index contributed by atoms with van der Waals surface area (Å²) in [6.45, 7) is 2.08. The molecule has 0 radical (unpaired) electrons. The Bertz CT molecular complexity index is 585. The Morgan fingerprint density at radius 1 is 1.32 bits per heavy atom. The van der Waals surface area contributed by atoms with Gasteiger partial charge in [-0.25, -0.2) is 9.97 Å². The molecule has 0 saturated carbocycles. The zero-order valence-electron chi connectivity index (χ0n) is 10.8. The Kier molecular flexibility index (Phi) is 3.38. The van der Waals surface area contributed by atoms with Gasteiger partial charge < -0.3 is 5.32 Å². The number of hydrogen-bond donors (Lipinski definition) is 1. The van der Waals surface area contributed by atoms with Crippen LogP contribution in [0.4, 0.5) is 5.82 Å². The number of benzene rings is 1. The summed E-state index contributed by atoms with van der Waals surface area (Å²) in [4.78, 5) is 8.49. The molecule has 0 saturated heterocycles. The standard InChI is InChI=1S/C15H16ClN3/c1-2-11-8-14(18-9-17-11)19-15-12-6-4-3-5-10(12)7-13(15)16/h3-6,8-9,13,15H,2,7H2,1H3,(H,17,18,19). The number of hydrogen-bond acceptors (Lipinski definition) is 3. The van der Waals surface area contributed by atoms with Crippen molar-refractivity contribution in [1.29, 1.82) is 0 Å². The van der Waals surface area contributed by atoms with E-state index in [0.717, 1.165) is 24.4 Å². The lowest BCUT2D eigenvalue weighted by Gasteiger charge is -2.18. The molecule has 3 rings (SSSR count). The van der Waals surface area contributed by atoms with Crippen molar-refractivity contribution in [2.24, 2.45) is 0 Å². The zero-order chi connectivity index (χ0) is 13.2. The van der Waals surface area contributed by atoms with E-state index in [0.29, 0.717) is 0 Å². The van der Waals surface area contributed by atoms with E-state index >= 15 is 0 Å². The summed E-state index contributed by atoms with van der Waals surface area (Å²) in [6.07, 6.45) is 3.41. The first kappa shape index (κ1) is 12.4. The highest BCUT2D eigenvalue weighted by atomic mass is 35.5. The van der Waals surface area contributed by atoms with E-state index in [-0.39, 0.29) is 11.4 Å². The number of rotatable bonds is 3. The third kappa shape index (κ3) is 2.43. The zero-order valence-corrected chi connectivity index (χ0v) is 11.6. The smallest absolute Gasteiger partial charge is 0.130 e. The molecule has 0 bridgehead atoms. The second kappa shape index (κ2) is 5.17. The quantitative estimate of drug-likeness (QED) is 0.872. The summed E-state index contributed by atoms with van der Waals surface area (Å²) in [7, 11) is 0. The summed E-state index contributed by atoms with van der Waals surface area (Å²) in [5, 5.41) is 3.51. The van der Waals surface area contributed by atoms with Crippen molar-refractivity contribution >= 4 is 17.4 Å². The van der Waals surface area contributed by atoms with Gasteiger partial charge in [-0.3, -0.25) is 0 Å². The van der Waals surface area contributed by atoms with Crippen LogP contribution in [0, 0.1) is 0 Å². The average molecular weight is 274 g/mol. The first-order valence-corrected chi connectivity index (χ1v) is 7.01. The number of aromatic nitrogens is 2. The molecule has 2 aromatic rings. The molecule has 1 aromatic carbocycles. The van der Waals surface area contributed by atoms with E-state index in [9.17, 15) is 0 Å². The molecule has 3 nitrogen and oxygen atoms in total. The fraction of sp³-hybridized carbons (Fsp3) is 0.333. The number of alkyl halides is 1. The van der Waals surface area contributed by atoms with Crippen molar-refractivity contribution in [3.8, 4) is 0 Å². The van der Waals surface area contributed by atoms with Crippen molar-refractivity contribution in [1.82, 2.24) is 9.97 Å². The van der Waals surface area contributed by atoms with E-state index in [1.165, 1.54) is 11.1 Å². The second-order valence-electron chi connectivity index (χ2n) is 4.79. The van der Waals surface area contributed by atoms with Crippen molar-refractivity contribution < 1.29 is 0 Å². The maximum atomic E-state index is 6.46. The third-order valence-corrected chi connectivity index (χ3v) is 3.96. The largest absolute Gasteiger partial charge is 0.362 e. The van der Waals surface area contributed by atoms with Crippen molar-refractivity contribution in [3.05, 3.63) is 53.5 Å². The van der Waals surface area contributed by atoms with Crippen molar-refractivity contribution in [2.45, 2.75) is 31.2 Å². The minimum atomic E-state index is 0.0671. The van der Waals surface area contributed by atoms with Gasteiger partial charge >= 0.3 is 0 Å². The molecule has 2 unspecified atom stereocenters. The molecule has 4 heteroatoms. The number of halogens is 1. The Balaban J connectivity index is 1.87. The number of aryl methyl sites for hydroxylation is 1. The average Bonchev–Trinajstić information content (AvgIpc) is 2.76. The van der Waals surface area contributed by atoms with Crippen LogP contribution in [0.5, 0.6) is 0 Å². The monoisotopic (exact) mass is 273 g/mol. The maximum absolute atomic E-state index is 6.46. The van der Waals surface area contributed by atoms with E-state index < -0.39 is 0 Å². The summed E-state index contributed by atoms with van der Waals surface area (Å²) in [5.74, 6) is 0.846. The van der Waals surface area contributed by atoms with Gasteiger partial charge in [0.2, 0.25) is 0 Å². The summed E-state index contributed by atoms with van der Waals surface area (Å²) in [6, 6.07) is 10.5. The molecular formula is C15H16ClN3. The van der Waals surface area contributed by atoms with Gasteiger partial charge in [0.05, 0.1) is 11.4 Å². The van der Waals surface area contributed by atoms with Crippen LogP contribution in [0.25, 0.3) is 0 Å². The van der Waals surface area contributed by atoms with E-state index in [1.54, 1.807) is 6.33 Å². The van der Waals surface area contributed by atoms with Crippen LogP contribution in [-0.4, -0.2) is 15.3 Å². The summed E-state index contributed by atoms with van der Waals surface area (Å²) >= 11 is 6.46. The van der Waals surface area contributed by atoms with Gasteiger partial charge in [0.1, 0.15) is 12.1 Å². The first-order valence-electron chi connectivity index (χ1n) is 6.57. The highest BCUT2D eigenvalue weighted by molar-refractivity contribution is 6.21. The first-order chi connectivity index (χ1) is 9.28. The van der Waals surface area contributed by atoms with Crippen LogP contribution in [-0.2, 0) is 12.8 Å². The molecule has 0 fully saturated rings. The second-order valence-corrected chi connectivity index (χ2v) is 5.35. The van der Waals surface area contributed by atoms with Crippen LogP contribution >= 0.6 is 11.6 Å². The number of anilines is 1. The van der Waals surface area contributed by atoms with Crippen molar-refractivity contribution in [3.63, 3.8) is 0 Å². The number of nitrogens with one attached hydrogen (secondary N) is 1. The predicted octanol–water partition coefficient (Wildman–Crippen LogP) is 3.36. The van der Waals surface area contributed by atoms with E-state index in [4.69, 9.17) is 11.6 Å². The minimum absolute atomic E-state index is 0.0671. The van der Waals surface area contributed by atoms with Gasteiger partial charge in [-0.05, 0) is 24.0 Å². The van der Waals surface area contributed by atoms with Crippen molar-refractivity contribution in [2.75, 3.05) is 5.32 Å². The summed E-state index contributed by atoms with van der Waals surface area (Å²) < 4.78 is 0. The molecule has 1 N–H and O–H groups in total. The lowest BCUT2D eigenvalue weighted by atomic mass is 10.1. The molecule has 1 aliphatic rings. The lowest BCUT2D eigenvalue weighted by molar-refractivity contribution is 0.765. The molecule has 1 heterocycles. The molecule has 0 aliphatic heterocycles. The molecular weight excluding hydrogens is 258 g/mol. The van der Waals surface area contributed by atoms with Gasteiger partial charge in [-0.2, -0.15) is 0 Å². The lowest BCUT2D eigenvalue weighted by Crippen LogP contribution is -2.17. The van der Waals surface area contributed by atoms with E-state index in [1.807, 2.05) is 6.07 Å². The minimum Gasteiger partial charge on any atom is -0.362 e. The van der Waals surface area contributed by atoms with Crippen LogP contribution < -0.4 is 5.32 Å². The van der Waals surface area contributed by atoms with E-state index in [2.05, 4.69) is 46.5 Å². The van der Waals surface area contributed by atoms with Gasteiger partial charge in [0.15, 0.2) is 0 Å². The topological polar surface area (TPSA) is 37.8 Å². The SMILES string of the molecule is CCc1cc(NC2c3ccccc3CC2Cl)ncn1. The number of fused-ring (bicyclic) bond motifs is 1. The fourth-order valence-electron chi connectivity index (χ4n) is 2.54. The molecule has 1 aliphatic carbocycles. The Hall–Kier alpha value is -1.61.